The lowest BCUT2D eigenvalue weighted by Crippen LogP contribution is -2.29. The van der Waals surface area contributed by atoms with Crippen LogP contribution < -0.4 is 5.32 Å². The van der Waals surface area contributed by atoms with Gasteiger partial charge in [0.15, 0.2) is 0 Å². The van der Waals surface area contributed by atoms with Gasteiger partial charge in [0.05, 0.1) is 0 Å². The summed E-state index contributed by atoms with van der Waals surface area (Å²) in [4.78, 5) is 0. The summed E-state index contributed by atoms with van der Waals surface area (Å²) in [5.41, 5.74) is 0. The highest BCUT2D eigenvalue weighted by atomic mass is 14.9. The lowest BCUT2D eigenvalue weighted by atomic mass is 9.89. The molecule has 2 atom stereocenters. The molecule has 0 aromatic heterocycles. The van der Waals surface area contributed by atoms with E-state index < -0.39 is 0 Å². The van der Waals surface area contributed by atoms with Gasteiger partial charge in [-0.3, -0.25) is 0 Å². The summed E-state index contributed by atoms with van der Waals surface area (Å²) in [6.07, 6.45) is 16.5. The summed E-state index contributed by atoms with van der Waals surface area (Å²) in [6.45, 7) is 3.40. The van der Waals surface area contributed by atoms with E-state index in [9.17, 15) is 0 Å². The second kappa shape index (κ2) is 7.41. The normalized spacial score (nSPS) is 31.6. The fourth-order valence-electron chi connectivity index (χ4n) is 3.97. The van der Waals surface area contributed by atoms with Crippen LogP contribution in [0, 0.1) is 11.8 Å². The SMILES string of the molecule is CCNC1CCCCC(CCC2CCCC2)C1. The minimum atomic E-state index is 0.830. The number of nitrogens with one attached hydrogen (secondary N) is 1. The smallest absolute Gasteiger partial charge is 0.00695 e. The fourth-order valence-corrected chi connectivity index (χ4v) is 3.97. The molecule has 2 unspecified atom stereocenters. The maximum Gasteiger partial charge on any atom is 0.00695 e. The van der Waals surface area contributed by atoms with E-state index in [2.05, 4.69) is 12.2 Å². The largest absolute Gasteiger partial charge is 0.314 e. The third-order valence-corrected chi connectivity index (χ3v) is 4.98. The molecule has 100 valence electrons. The third-order valence-electron chi connectivity index (χ3n) is 4.98. The molecule has 1 nitrogen and oxygen atoms in total. The lowest BCUT2D eigenvalue weighted by Gasteiger charge is -2.21. The Labute approximate surface area is 108 Å². The van der Waals surface area contributed by atoms with E-state index in [1.165, 1.54) is 70.6 Å². The molecule has 0 amide bonds. The van der Waals surface area contributed by atoms with Crippen molar-refractivity contribution in [3.05, 3.63) is 0 Å². The van der Waals surface area contributed by atoms with Crippen molar-refractivity contribution >= 4 is 0 Å². The molecule has 0 heterocycles. The van der Waals surface area contributed by atoms with E-state index in [0.29, 0.717) is 0 Å². The van der Waals surface area contributed by atoms with Gasteiger partial charge < -0.3 is 5.32 Å². The molecule has 17 heavy (non-hydrogen) atoms. The Bertz CT molecular complexity index is 196. The predicted octanol–water partition coefficient (Wildman–Crippen LogP) is 4.52. The molecule has 1 heteroatoms. The van der Waals surface area contributed by atoms with Crippen LogP contribution in [0.2, 0.25) is 0 Å². The molecule has 2 saturated carbocycles. The van der Waals surface area contributed by atoms with Crippen LogP contribution in [0.1, 0.15) is 77.6 Å². The van der Waals surface area contributed by atoms with Crippen molar-refractivity contribution in [1.29, 1.82) is 0 Å². The van der Waals surface area contributed by atoms with Gasteiger partial charge in [0, 0.05) is 6.04 Å². The summed E-state index contributed by atoms with van der Waals surface area (Å²) >= 11 is 0. The third kappa shape index (κ3) is 4.62. The molecule has 0 spiro atoms. The Morgan fingerprint density at radius 2 is 1.41 bits per heavy atom. The number of rotatable bonds is 5. The highest BCUT2D eigenvalue weighted by Crippen LogP contribution is 2.33. The van der Waals surface area contributed by atoms with Crippen molar-refractivity contribution in [2.45, 2.75) is 83.6 Å². The average molecular weight is 237 g/mol. The second-order valence-electron chi connectivity index (χ2n) is 6.37. The Kier molecular flexibility index (Phi) is 5.84. The highest BCUT2D eigenvalue weighted by molar-refractivity contribution is 4.77. The molecule has 2 rings (SSSR count). The maximum atomic E-state index is 3.68. The summed E-state index contributed by atoms with van der Waals surface area (Å²) < 4.78 is 0. The van der Waals surface area contributed by atoms with E-state index in [1.54, 1.807) is 0 Å². The lowest BCUT2D eigenvalue weighted by molar-refractivity contribution is 0.336. The monoisotopic (exact) mass is 237 g/mol. The molecule has 2 aliphatic rings. The second-order valence-corrected chi connectivity index (χ2v) is 6.37. The van der Waals surface area contributed by atoms with Crippen molar-refractivity contribution in [3.63, 3.8) is 0 Å². The Morgan fingerprint density at radius 1 is 0.824 bits per heavy atom. The molecule has 0 bridgehead atoms. The summed E-state index contributed by atoms with van der Waals surface area (Å²) in [5, 5.41) is 3.68. The van der Waals surface area contributed by atoms with E-state index in [-0.39, 0.29) is 0 Å². The quantitative estimate of drug-likeness (QED) is 0.693. The Hall–Kier alpha value is -0.0400. The van der Waals surface area contributed by atoms with Crippen LogP contribution >= 0.6 is 0 Å². The van der Waals surface area contributed by atoms with Crippen molar-refractivity contribution in [2.24, 2.45) is 11.8 Å². The molecule has 0 aromatic carbocycles. The molecule has 2 fully saturated rings. The van der Waals surface area contributed by atoms with Crippen LogP contribution in [0.15, 0.2) is 0 Å². The number of hydrogen-bond donors (Lipinski definition) is 1. The van der Waals surface area contributed by atoms with Crippen LogP contribution in [-0.4, -0.2) is 12.6 Å². The molecule has 2 aliphatic carbocycles. The van der Waals surface area contributed by atoms with Gasteiger partial charge in [0.2, 0.25) is 0 Å². The van der Waals surface area contributed by atoms with E-state index in [4.69, 9.17) is 0 Å². The minimum Gasteiger partial charge on any atom is -0.314 e. The Morgan fingerprint density at radius 3 is 2.12 bits per heavy atom. The summed E-state index contributed by atoms with van der Waals surface area (Å²) in [5.74, 6) is 2.12. The first-order chi connectivity index (χ1) is 8.38. The zero-order valence-electron chi connectivity index (χ0n) is 11.7. The maximum absolute atomic E-state index is 3.68. The van der Waals surface area contributed by atoms with Crippen molar-refractivity contribution < 1.29 is 0 Å². The fraction of sp³-hybridized carbons (Fsp3) is 1.00. The van der Waals surface area contributed by atoms with Crippen LogP contribution in [0.4, 0.5) is 0 Å². The molecule has 0 aliphatic heterocycles. The van der Waals surface area contributed by atoms with Gasteiger partial charge >= 0.3 is 0 Å². The van der Waals surface area contributed by atoms with Gasteiger partial charge in [0.25, 0.3) is 0 Å². The van der Waals surface area contributed by atoms with Gasteiger partial charge in [-0.15, -0.1) is 0 Å². The van der Waals surface area contributed by atoms with Gasteiger partial charge in [-0.1, -0.05) is 64.7 Å². The molecular formula is C16H31N. The molecule has 0 aromatic rings. The van der Waals surface area contributed by atoms with Gasteiger partial charge in [-0.25, -0.2) is 0 Å². The average Bonchev–Trinajstić information content (AvgIpc) is 2.75. The van der Waals surface area contributed by atoms with Crippen LogP contribution in [-0.2, 0) is 0 Å². The first kappa shape index (κ1) is 13.4. The van der Waals surface area contributed by atoms with Crippen LogP contribution in [0.3, 0.4) is 0 Å². The zero-order valence-corrected chi connectivity index (χ0v) is 11.7. The van der Waals surface area contributed by atoms with Crippen molar-refractivity contribution in [1.82, 2.24) is 5.32 Å². The highest BCUT2D eigenvalue weighted by Gasteiger charge is 2.21. The molecular weight excluding hydrogens is 206 g/mol. The van der Waals surface area contributed by atoms with E-state index in [0.717, 1.165) is 24.4 Å². The number of hydrogen-bond acceptors (Lipinski definition) is 1. The summed E-state index contributed by atoms with van der Waals surface area (Å²) in [6, 6.07) is 0.830. The molecule has 0 saturated heterocycles. The first-order valence-corrected chi connectivity index (χ1v) is 8.12. The topological polar surface area (TPSA) is 12.0 Å². The first-order valence-electron chi connectivity index (χ1n) is 8.12. The van der Waals surface area contributed by atoms with E-state index in [1.807, 2.05) is 0 Å². The van der Waals surface area contributed by atoms with Gasteiger partial charge in [-0.2, -0.15) is 0 Å². The molecule has 1 N–H and O–H groups in total. The van der Waals surface area contributed by atoms with Crippen molar-refractivity contribution in [3.8, 4) is 0 Å². The van der Waals surface area contributed by atoms with Crippen molar-refractivity contribution in [2.75, 3.05) is 6.54 Å². The van der Waals surface area contributed by atoms with Crippen LogP contribution in [0.5, 0.6) is 0 Å². The Balaban J connectivity index is 1.70. The predicted molar refractivity (Wildman–Crippen MR) is 75.2 cm³/mol. The van der Waals surface area contributed by atoms with Gasteiger partial charge in [-0.05, 0) is 31.2 Å². The van der Waals surface area contributed by atoms with E-state index >= 15 is 0 Å². The van der Waals surface area contributed by atoms with Crippen LogP contribution in [0.25, 0.3) is 0 Å². The standard InChI is InChI=1S/C16H31N/c1-2-17-16-10-6-5-9-15(13-16)12-11-14-7-3-4-8-14/h14-17H,2-13H2,1H3. The zero-order chi connectivity index (χ0) is 11.9. The minimum absolute atomic E-state index is 0.830. The summed E-state index contributed by atoms with van der Waals surface area (Å²) in [7, 11) is 0. The van der Waals surface area contributed by atoms with Gasteiger partial charge in [0.1, 0.15) is 0 Å². The molecule has 0 radical (unpaired) electrons.